The third-order valence-electron chi connectivity index (χ3n) is 5.33. The number of rotatable bonds is 4. The van der Waals surface area contributed by atoms with E-state index in [1.807, 2.05) is 0 Å². The van der Waals surface area contributed by atoms with E-state index in [9.17, 15) is 4.39 Å². The molecule has 0 N–H and O–H groups in total. The summed E-state index contributed by atoms with van der Waals surface area (Å²) in [5.74, 6) is 1.23. The van der Waals surface area contributed by atoms with Gasteiger partial charge in [-0.25, -0.2) is 9.37 Å². The summed E-state index contributed by atoms with van der Waals surface area (Å²) in [4.78, 5) is 6.99. The Morgan fingerprint density at radius 1 is 1.12 bits per heavy atom. The van der Waals surface area contributed by atoms with Gasteiger partial charge in [0.2, 0.25) is 5.89 Å². The molecule has 4 nitrogen and oxygen atoms in total. The van der Waals surface area contributed by atoms with Gasteiger partial charge in [-0.1, -0.05) is 31.4 Å². The summed E-state index contributed by atoms with van der Waals surface area (Å²) in [6.45, 7) is 2.60. The molecular weight excluding hydrogens is 319 g/mol. The largest absolute Gasteiger partial charge is 0.442 e. The first-order valence-electron chi connectivity index (χ1n) is 9.32. The van der Waals surface area contributed by atoms with Crippen molar-refractivity contribution in [1.29, 1.82) is 0 Å². The zero-order valence-electron chi connectivity index (χ0n) is 14.5. The van der Waals surface area contributed by atoms with Crippen LogP contribution < -0.4 is 0 Å². The zero-order valence-corrected chi connectivity index (χ0v) is 14.5. The van der Waals surface area contributed by atoms with E-state index in [1.165, 1.54) is 44.2 Å². The van der Waals surface area contributed by atoms with Crippen molar-refractivity contribution in [2.75, 3.05) is 19.7 Å². The molecule has 134 valence electrons. The molecule has 0 spiro atoms. The molecule has 0 radical (unpaired) electrons. The van der Waals surface area contributed by atoms with Crippen molar-refractivity contribution in [2.24, 2.45) is 0 Å². The van der Waals surface area contributed by atoms with Gasteiger partial charge in [0.05, 0.1) is 12.8 Å². The van der Waals surface area contributed by atoms with Crippen LogP contribution in [0.5, 0.6) is 0 Å². The minimum atomic E-state index is -0.222. The number of hydrogen-bond donors (Lipinski definition) is 0. The van der Waals surface area contributed by atoms with Crippen molar-refractivity contribution < 1.29 is 13.5 Å². The van der Waals surface area contributed by atoms with E-state index in [0.717, 1.165) is 31.0 Å². The SMILES string of the molecule is Fc1ccc(Cc2cnc([C@H]3CN(C4CCCCC4)CCO3)o2)cc1. The highest BCUT2D eigenvalue weighted by molar-refractivity contribution is 5.20. The number of morpholine rings is 1. The zero-order chi connectivity index (χ0) is 17.1. The van der Waals surface area contributed by atoms with Gasteiger partial charge in [0, 0.05) is 25.6 Å². The number of oxazole rings is 1. The molecule has 2 heterocycles. The van der Waals surface area contributed by atoms with Gasteiger partial charge < -0.3 is 9.15 Å². The van der Waals surface area contributed by atoms with Crippen LogP contribution in [0.2, 0.25) is 0 Å². The summed E-state index contributed by atoms with van der Waals surface area (Å²) in [5.41, 5.74) is 1.01. The molecule has 1 aromatic heterocycles. The van der Waals surface area contributed by atoms with Gasteiger partial charge in [-0.3, -0.25) is 4.90 Å². The first kappa shape index (κ1) is 16.7. The molecule has 1 aromatic carbocycles. The lowest BCUT2D eigenvalue weighted by molar-refractivity contribution is -0.0609. The fraction of sp³-hybridized carbons (Fsp3) is 0.550. The molecule has 1 aliphatic heterocycles. The van der Waals surface area contributed by atoms with Gasteiger partial charge in [0.15, 0.2) is 0 Å². The van der Waals surface area contributed by atoms with Crippen LogP contribution in [0, 0.1) is 5.82 Å². The lowest BCUT2D eigenvalue weighted by Gasteiger charge is -2.39. The molecule has 2 aromatic rings. The van der Waals surface area contributed by atoms with E-state index in [4.69, 9.17) is 9.15 Å². The second-order valence-corrected chi connectivity index (χ2v) is 7.11. The Morgan fingerprint density at radius 2 is 1.92 bits per heavy atom. The van der Waals surface area contributed by atoms with Crippen molar-refractivity contribution >= 4 is 0 Å². The predicted molar refractivity (Wildman–Crippen MR) is 92.8 cm³/mol. The molecule has 1 saturated heterocycles. The summed E-state index contributed by atoms with van der Waals surface area (Å²) in [5, 5.41) is 0. The van der Waals surface area contributed by atoms with Crippen LogP contribution in [0.15, 0.2) is 34.9 Å². The minimum Gasteiger partial charge on any atom is -0.442 e. The molecule has 5 heteroatoms. The molecule has 0 bridgehead atoms. The van der Waals surface area contributed by atoms with Gasteiger partial charge in [-0.05, 0) is 30.5 Å². The molecule has 2 fully saturated rings. The molecule has 0 unspecified atom stereocenters. The third-order valence-corrected chi connectivity index (χ3v) is 5.33. The van der Waals surface area contributed by atoms with Gasteiger partial charge >= 0.3 is 0 Å². The van der Waals surface area contributed by atoms with Gasteiger partial charge in [0.25, 0.3) is 0 Å². The number of aromatic nitrogens is 1. The molecular formula is C20H25FN2O2. The van der Waals surface area contributed by atoms with Crippen molar-refractivity contribution in [2.45, 2.75) is 50.7 Å². The minimum absolute atomic E-state index is 0.0855. The highest BCUT2D eigenvalue weighted by Gasteiger charge is 2.30. The second-order valence-electron chi connectivity index (χ2n) is 7.11. The first-order chi connectivity index (χ1) is 12.3. The average molecular weight is 344 g/mol. The summed E-state index contributed by atoms with van der Waals surface area (Å²) in [7, 11) is 0. The highest BCUT2D eigenvalue weighted by Crippen LogP contribution is 2.29. The first-order valence-corrected chi connectivity index (χ1v) is 9.32. The fourth-order valence-corrected chi connectivity index (χ4v) is 3.95. The van der Waals surface area contributed by atoms with Crippen LogP contribution in [0.1, 0.15) is 55.4 Å². The Bertz CT molecular complexity index is 679. The van der Waals surface area contributed by atoms with Crippen molar-refractivity contribution in [3.05, 3.63) is 53.5 Å². The van der Waals surface area contributed by atoms with Gasteiger partial charge in [-0.2, -0.15) is 0 Å². The Balaban J connectivity index is 1.39. The Labute approximate surface area is 148 Å². The molecule has 1 aliphatic carbocycles. The second kappa shape index (κ2) is 7.67. The normalized spacial score (nSPS) is 23.0. The summed E-state index contributed by atoms with van der Waals surface area (Å²) in [6, 6.07) is 7.19. The molecule has 0 amide bonds. The van der Waals surface area contributed by atoms with E-state index < -0.39 is 0 Å². The number of benzene rings is 1. The average Bonchev–Trinajstić information content (AvgIpc) is 3.13. The summed E-state index contributed by atoms with van der Waals surface area (Å²) >= 11 is 0. The van der Waals surface area contributed by atoms with Crippen molar-refractivity contribution in [3.8, 4) is 0 Å². The van der Waals surface area contributed by atoms with Crippen LogP contribution in [0.4, 0.5) is 4.39 Å². The fourth-order valence-electron chi connectivity index (χ4n) is 3.95. The standard InChI is InChI=1S/C20H25FN2O2/c21-16-8-6-15(7-9-16)12-18-13-22-20(25-18)19-14-23(10-11-24-19)17-4-2-1-3-5-17/h6-9,13,17,19H,1-5,10-12,14H2/t19-/m1/s1. The maximum absolute atomic E-state index is 13.0. The number of nitrogens with zero attached hydrogens (tertiary/aromatic N) is 2. The van der Waals surface area contributed by atoms with Crippen molar-refractivity contribution in [3.63, 3.8) is 0 Å². The van der Waals surface area contributed by atoms with E-state index in [1.54, 1.807) is 18.3 Å². The van der Waals surface area contributed by atoms with Crippen LogP contribution in [0.3, 0.4) is 0 Å². The molecule has 1 saturated carbocycles. The highest BCUT2D eigenvalue weighted by atomic mass is 19.1. The molecule has 25 heavy (non-hydrogen) atoms. The third kappa shape index (κ3) is 4.10. The molecule has 2 aliphatic rings. The monoisotopic (exact) mass is 344 g/mol. The van der Waals surface area contributed by atoms with E-state index in [-0.39, 0.29) is 11.9 Å². The predicted octanol–water partition coefficient (Wildman–Crippen LogP) is 4.11. The number of halogens is 1. The van der Waals surface area contributed by atoms with Gasteiger partial charge in [-0.15, -0.1) is 0 Å². The Hall–Kier alpha value is -1.72. The van der Waals surface area contributed by atoms with E-state index in [2.05, 4.69) is 9.88 Å². The summed E-state index contributed by atoms with van der Waals surface area (Å²) < 4.78 is 24.9. The molecule has 4 rings (SSSR count). The van der Waals surface area contributed by atoms with Crippen LogP contribution in [-0.2, 0) is 11.2 Å². The lowest BCUT2D eigenvalue weighted by Crippen LogP contribution is -2.45. The Morgan fingerprint density at radius 3 is 2.72 bits per heavy atom. The quantitative estimate of drug-likeness (QED) is 0.837. The van der Waals surface area contributed by atoms with Crippen LogP contribution in [0.25, 0.3) is 0 Å². The number of ether oxygens (including phenoxy) is 1. The lowest BCUT2D eigenvalue weighted by atomic mass is 9.93. The van der Waals surface area contributed by atoms with Crippen molar-refractivity contribution in [1.82, 2.24) is 9.88 Å². The number of hydrogen-bond acceptors (Lipinski definition) is 4. The molecule has 1 atom stereocenters. The topological polar surface area (TPSA) is 38.5 Å². The van der Waals surface area contributed by atoms with E-state index in [0.29, 0.717) is 18.4 Å². The Kier molecular flexibility index (Phi) is 5.13. The van der Waals surface area contributed by atoms with Gasteiger partial charge in [0.1, 0.15) is 17.7 Å². The maximum Gasteiger partial charge on any atom is 0.224 e. The van der Waals surface area contributed by atoms with Crippen LogP contribution >= 0.6 is 0 Å². The smallest absolute Gasteiger partial charge is 0.224 e. The van der Waals surface area contributed by atoms with Crippen LogP contribution in [-0.4, -0.2) is 35.6 Å². The summed E-state index contributed by atoms with van der Waals surface area (Å²) in [6.07, 6.45) is 8.95. The maximum atomic E-state index is 13.0. The van der Waals surface area contributed by atoms with E-state index >= 15 is 0 Å².